The number of fused-ring (bicyclic) bond motifs is 1. The third-order valence-electron chi connectivity index (χ3n) is 3.95. The minimum absolute atomic E-state index is 0.0325. The summed E-state index contributed by atoms with van der Waals surface area (Å²) in [6.07, 6.45) is 0.824. The molecule has 0 atom stereocenters. The molecular weight excluding hydrogens is 390 g/mol. The lowest BCUT2D eigenvalue weighted by atomic mass is 10.1. The van der Waals surface area contributed by atoms with Crippen molar-refractivity contribution in [2.75, 3.05) is 12.4 Å². The van der Waals surface area contributed by atoms with Gasteiger partial charge in [-0.2, -0.15) is 0 Å². The number of aromatic nitrogens is 2. The van der Waals surface area contributed by atoms with E-state index in [0.717, 1.165) is 18.2 Å². The van der Waals surface area contributed by atoms with Crippen LogP contribution in [0.3, 0.4) is 0 Å². The van der Waals surface area contributed by atoms with Gasteiger partial charge in [0.25, 0.3) is 11.5 Å². The van der Waals surface area contributed by atoms with Gasteiger partial charge in [0.05, 0.1) is 16.7 Å². The number of carbonyl (C=O) groups excluding carboxylic acids is 2. The van der Waals surface area contributed by atoms with E-state index in [1.54, 1.807) is 16.7 Å². The Labute approximate surface area is 175 Å². The fraction of sp³-hybridized carbons (Fsp3) is 0.524. The summed E-state index contributed by atoms with van der Waals surface area (Å²) in [4.78, 5) is 41.3. The third-order valence-corrected chi connectivity index (χ3v) is 4.90. The quantitative estimate of drug-likeness (QED) is 0.402. The number of rotatable bonds is 8. The molecule has 1 N–H and O–H groups in total. The molecule has 0 radical (unpaired) electrons. The fourth-order valence-electron chi connectivity index (χ4n) is 2.61. The molecule has 29 heavy (non-hydrogen) atoms. The second-order valence-corrected chi connectivity index (χ2v) is 9.24. The van der Waals surface area contributed by atoms with Crippen LogP contribution in [0.5, 0.6) is 0 Å². The maximum Gasteiger partial charge on any atom is 0.316 e. The first-order valence-corrected chi connectivity index (χ1v) is 10.6. The molecule has 0 unspecified atom stereocenters. The number of carbonyl (C=O) groups is 2. The van der Waals surface area contributed by atoms with E-state index in [1.165, 1.54) is 0 Å². The van der Waals surface area contributed by atoms with Crippen molar-refractivity contribution in [2.45, 2.75) is 58.3 Å². The molecule has 0 spiro atoms. The SMILES string of the molecule is CC(C)CCn1c(SCC(=O)OCC(=O)NC(C)(C)C)nc2ccccc2c1=O. The Bertz CT molecular complexity index is 932. The van der Waals surface area contributed by atoms with E-state index in [2.05, 4.69) is 24.1 Å². The van der Waals surface area contributed by atoms with E-state index in [0.29, 0.717) is 28.5 Å². The van der Waals surface area contributed by atoms with Crippen molar-refractivity contribution >= 4 is 34.5 Å². The minimum atomic E-state index is -0.531. The Morgan fingerprint density at radius 2 is 1.93 bits per heavy atom. The van der Waals surface area contributed by atoms with Gasteiger partial charge in [-0.1, -0.05) is 37.7 Å². The van der Waals surface area contributed by atoms with Gasteiger partial charge in [0.2, 0.25) is 0 Å². The number of amides is 1. The Morgan fingerprint density at radius 1 is 1.24 bits per heavy atom. The normalized spacial score (nSPS) is 11.7. The molecule has 0 aliphatic carbocycles. The first kappa shape index (κ1) is 22.9. The van der Waals surface area contributed by atoms with Crippen LogP contribution >= 0.6 is 11.8 Å². The summed E-state index contributed by atoms with van der Waals surface area (Å²) in [5.41, 5.74) is 0.0927. The summed E-state index contributed by atoms with van der Waals surface area (Å²) in [5.74, 6) is -0.488. The van der Waals surface area contributed by atoms with Crippen LogP contribution in [0.2, 0.25) is 0 Å². The zero-order valence-electron chi connectivity index (χ0n) is 17.7. The summed E-state index contributed by atoms with van der Waals surface area (Å²) < 4.78 is 6.66. The van der Waals surface area contributed by atoms with Crippen LogP contribution in [0.1, 0.15) is 41.0 Å². The van der Waals surface area contributed by atoms with Crippen molar-refractivity contribution in [3.8, 4) is 0 Å². The number of thioether (sulfide) groups is 1. The van der Waals surface area contributed by atoms with Crippen LogP contribution in [0.25, 0.3) is 10.9 Å². The van der Waals surface area contributed by atoms with Crippen LogP contribution in [0, 0.1) is 5.92 Å². The molecule has 2 rings (SSSR count). The van der Waals surface area contributed by atoms with Crippen LogP contribution in [0.15, 0.2) is 34.2 Å². The summed E-state index contributed by atoms with van der Waals surface area (Å²) in [6, 6.07) is 7.17. The number of nitrogens with one attached hydrogen (secondary N) is 1. The van der Waals surface area contributed by atoms with Gasteiger partial charge in [-0.25, -0.2) is 4.98 Å². The Hall–Kier alpha value is -2.35. The standard InChI is InChI=1S/C21H29N3O4S/c1-14(2)10-11-24-19(27)15-8-6-7-9-16(15)22-20(24)29-13-18(26)28-12-17(25)23-21(3,4)5/h6-9,14H,10-13H2,1-5H3,(H,23,25). The van der Waals surface area contributed by atoms with Gasteiger partial charge >= 0.3 is 5.97 Å². The van der Waals surface area contributed by atoms with E-state index in [9.17, 15) is 14.4 Å². The van der Waals surface area contributed by atoms with Crippen molar-refractivity contribution in [3.05, 3.63) is 34.6 Å². The molecule has 1 aromatic carbocycles. The number of hydrogen-bond donors (Lipinski definition) is 1. The highest BCUT2D eigenvalue weighted by Gasteiger charge is 2.17. The van der Waals surface area contributed by atoms with E-state index < -0.39 is 5.97 Å². The van der Waals surface area contributed by atoms with Gasteiger partial charge in [0, 0.05) is 12.1 Å². The monoisotopic (exact) mass is 419 g/mol. The Kier molecular flexibility index (Phi) is 7.84. The molecule has 1 heterocycles. The molecule has 158 valence electrons. The number of benzene rings is 1. The largest absolute Gasteiger partial charge is 0.455 e. The molecule has 0 fully saturated rings. The average Bonchev–Trinajstić information content (AvgIpc) is 2.62. The van der Waals surface area contributed by atoms with E-state index in [1.807, 2.05) is 32.9 Å². The van der Waals surface area contributed by atoms with Crippen LogP contribution in [-0.4, -0.2) is 39.3 Å². The number of ether oxygens (including phenoxy) is 1. The van der Waals surface area contributed by atoms with Crippen molar-refractivity contribution in [1.82, 2.24) is 14.9 Å². The summed E-state index contributed by atoms with van der Waals surface area (Å²) in [5, 5.41) is 3.77. The van der Waals surface area contributed by atoms with Gasteiger partial charge in [0.15, 0.2) is 11.8 Å². The molecule has 1 amide bonds. The number of para-hydroxylation sites is 1. The van der Waals surface area contributed by atoms with Crippen LogP contribution in [-0.2, 0) is 20.9 Å². The molecule has 0 aliphatic heterocycles. The van der Waals surface area contributed by atoms with Crippen molar-refractivity contribution < 1.29 is 14.3 Å². The fourth-order valence-corrected chi connectivity index (χ4v) is 3.43. The molecule has 2 aromatic rings. The Morgan fingerprint density at radius 3 is 2.59 bits per heavy atom. The lowest BCUT2D eigenvalue weighted by Crippen LogP contribution is -2.42. The molecule has 0 aliphatic rings. The van der Waals surface area contributed by atoms with Crippen molar-refractivity contribution in [3.63, 3.8) is 0 Å². The molecule has 0 saturated carbocycles. The van der Waals surface area contributed by atoms with Crippen molar-refractivity contribution in [2.24, 2.45) is 5.92 Å². The first-order chi connectivity index (χ1) is 13.6. The minimum Gasteiger partial charge on any atom is -0.455 e. The molecular formula is C21H29N3O4S. The number of hydrogen-bond acceptors (Lipinski definition) is 6. The highest BCUT2D eigenvalue weighted by atomic mass is 32.2. The lowest BCUT2D eigenvalue weighted by molar-refractivity contribution is -0.146. The molecule has 1 aromatic heterocycles. The van der Waals surface area contributed by atoms with Gasteiger partial charge in [-0.3, -0.25) is 19.0 Å². The molecule has 0 bridgehead atoms. The predicted octanol–water partition coefficient (Wildman–Crippen LogP) is 2.99. The van der Waals surface area contributed by atoms with Gasteiger partial charge in [-0.05, 0) is 45.2 Å². The second-order valence-electron chi connectivity index (χ2n) is 8.30. The number of nitrogens with zero attached hydrogens (tertiary/aromatic N) is 2. The van der Waals surface area contributed by atoms with Crippen LogP contribution < -0.4 is 10.9 Å². The van der Waals surface area contributed by atoms with Gasteiger partial charge in [0.1, 0.15) is 0 Å². The Balaban J connectivity index is 2.09. The highest BCUT2D eigenvalue weighted by molar-refractivity contribution is 7.99. The van der Waals surface area contributed by atoms with E-state index >= 15 is 0 Å². The topological polar surface area (TPSA) is 90.3 Å². The highest BCUT2D eigenvalue weighted by Crippen LogP contribution is 2.19. The lowest BCUT2D eigenvalue weighted by Gasteiger charge is -2.20. The summed E-state index contributed by atoms with van der Waals surface area (Å²) >= 11 is 1.15. The maximum absolute atomic E-state index is 12.9. The average molecular weight is 420 g/mol. The van der Waals surface area contributed by atoms with Crippen LogP contribution in [0.4, 0.5) is 0 Å². The van der Waals surface area contributed by atoms with Crippen molar-refractivity contribution in [1.29, 1.82) is 0 Å². The van der Waals surface area contributed by atoms with E-state index in [4.69, 9.17) is 4.74 Å². The summed E-state index contributed by atoms with van der Waals surface area (Å²) in [7, 11) is 0. The molecule has 0 saturated heterocycles. The molecule has 8 heteroatoms. The van der Waals surface area contributed by atoms with Gasteiger partial charge in [-0.15, -0.1) is 0 Å². The van der Waals surface area contributed by atoms with E-state index in [-0.39, 0.29) is 29.4 Å². The predicted molar refractivity (Wildman–Crippen MR) is 115 cm³/mol. The zero-order chi connectivity index (χ0) is 21.6. The summed E-state index contributed by atoms with van der Waals surface area (Å²) in [6.45, 7) is 9.93. The second kappa shape index (κ2) is 9.91. The molecule has 7 nitrogen and oxygen atoms in total. The number of esters is 1. The third kappa shape index (κ3) is 7.20. The first-order valence-electron chi connectivity index (χ1n) is 9.66. The zero-order valence-corrected chi connectivity index (χ0v) is 18.5. The smallest absolute Gasteiger partial charge is 0.316 e. The maximum atomic E-state index is 12.9. The van der Waals surface area contributed by atoms with Gasteiger partial charge < -0.3 is 10.1 Å².